The maximum absolute atomic E-state index is 10.9. The third kappa shape index (κ3) is 3.87. The number of halogens is 1. The van der Waals surface area contributed by atoms with Gasteiger partial charge >= 0.3 is 5.97 Å². The number of rotatable bonds is 2. The van der Waals surface area contributed by atoms with Crippen molar-refractivity contribution >= 4 is 21.9 Å². The number of carbonyl (C=O) groups is 1. The van der Waals surface area contributed by atoms with Crippen molar-refractivity contribution in [3.8, 4) is 0 Å². The van der Waals surface area contributed by atoms with Crippen LogP contribution in [0.25, 0.3) is 0 Å². The fourth-order valence-corrected chi connectivity index (χ4v) is 1.07. The third-order valence-electron chi connectivity index (χ3n) is 1.38. The highest BCUT2D eigenvalue weighted by atomic mass is 79.9. The zero-order chi connectivity index (χ0) is 11.0. The average Bonchev–Trinajstić information content (AvgIpc) is 2.31. The van der Waals surface area contributed by atoms with Gasteiger partial charge in [-0.15, -0.1) is 0 Å². The molecule has 0 saturated carbocycles. The molecule has 4 heteroatoms. The first kappa shape index (κ1) is 13.1. The summed E-state index contributed by atoms with van der Waals surface area (Å²) in [6.07, 6.45) is 1.50. The van der Waals surface area contributed by atoms with Crippen molar-refractivity contribution < 1.29 is 9.53 Å². The van der Waals surface area contributed by atoms with Gasteiger partial charge in [0, 0.05) is 11.5 Å². The first-order valence-electron chi connectivity index (χ1n) is 4.37. The molecule has 0 atom stereocenters. The van der Waals surface area contributed by atoms with Gasteiger partial charge in [-0.25, -0.2) is 4.79 Å². The van der Waals surface area contributed by atoms with Gasteiger partial charge in [-0.05, 0) is 12.1 Å². The van der Waals surface area contributed by atoms with Crippen molar-refractivity contribution in [3.63, 3.8) is 0 Å². The quantitative estimate of drug-likeness (QED) is 0.606. The minimum atomic E-state index is -0.358. The van der Waals surface area contributed by atoms with E-state index in [9.17, 15) is 4.79 Å². The zero-order valence-corrected chi connectivity index (χ0v) is 10.2. The van der Waals surface area contributed by atoms with E-state index in [1.54, 1.807) is 12.1 Å². The van der Waals surface area contributed by atoms with Crippen molar-refractivity contribution in [1.82, 2.24) is 4.98 Å². The van der Waals surface area contributed by atoms with Crippen molar-refractivity contribution in [2.75, 3.05) is 7.11 Å². The Kier molecular flexibility index (Phi) is 7.02. The number of nitrogens with zero attached hydrogens (tertiary/aromatic N) is 1. The summed E-state index contributed by atoms with van der Waals surface area (Å²) in [5.41, 5.74) is 1.37. The molecule has 14 heavy (non-hydrogen) atoms. The molecule has 0 radical (unpaired) electrons. The minimum Gasteiger partial charge on any atom is -0.465 e. The van der Waals surface area contributed by atoms with Gasteiger partial charge in [-0.2, -0.15) is 0 Å². The number of hydrogen-bond acceptors (Lipinski definition) is 3. The Hall–Kier alpha value is -0.900. The summed E-state index contributed by atoms with van der Waals surface area (Å²) >= 11 is 3.26. The zero-order valence-electron chi connectivity index (χ0n) is 8.58. The number of aromatic nitrogens is 1. The van der Waals surface area contributed by atoms with E-state index in [-0.39, 0.29) is 5.97 Å². The summed E-state index contributed by atoms with van der Waals surface area (Å²) in [4.78, 5) is 15.0. The molecule has 0 N–H and O–H groups in total. The number of pyridine rings is 1. The summed E-state index contributed by atoms with van der Waals surface area (Å²) in [7, 11) is 1.35. The second-order valence-corrected chi connectivity index (χ2v) is 2.72. The van der Waals surface area contributed by atoms with Crippen LogP contribution in [0.4, 0.5) is 0 Å². The van der Waals surface area contributed by atoms with E-state index < -0.39 is 0 Å². The molecule has 0 amide bonds. The van der Waals surface area contributed by atoms with E-state index in [1.807, 2.05) is 13.8 Å². The van der Waals surface area contributed by atoms with Crippen LogP contribution >= 0.6 is 15.9 Å². The predicted octanol–water partition coefficient (Wildman–Crippen LogP) is 2.79. The molecule has 1 rings (SSSR count). The average molecular weight is 260 g/mol. The molecule has 1 aromatic rings. The first-order valence-corrected chi connectivity index (χ1v) is 5.49. The highest BCUT2D eigenvalue weighted by Gasteiger charge is 2.04. The summed E-state index contributed by atoms with van der Waals surface area (Å²) in [5, 5.41) is 0.689. The highest BCUT2D eigenvalue weighted by Crippen LogP contribution is 2.04. The lowest BCUT2D eigenvalue weighted by atomic mass is 10.2. The summed E-state index contributed by atoms with van der Waals surface area (Å²) in [6, 6.07) is 3.47. The number of esters is 1. The molecule has 0 fully saturated rings. The van der Waals surface area contributed by atoms with E-state index in [0.29, 0.717) is 10.9 Å². The van der Waals surface area contributed by atoms with Gasteiger partial charge in [-0.1, -0.05) is 29.8 Å². The molecule has 1 heterocycles. The van der Waals surface area contributed by atoms with Crippen LogP contribution in [0.2, 0.25) is 0 Å². The monoisotopic (exact) mass is 259 g/mol. The van der Waals surface area contributed by atoms with Crippen molar-refractivity contribution in [3.05, 3.63) is 29.6 Å². The van der Waals surface area contributed by atoms with Crippen molar-refractivity contribution in [2.24, 2.45) is 0 Å². The van der Waals surface area contributed by atoms with Gasteiger partial charge in [0.2, 0.25) is 0 Å². The summed E-state index contributed by atoms with van der Waals surface area (Å²) in [5.74, 6) is -0.358. The van der Waals surface area contributed by atoms with Gasteiger partial charge in [0.05, 0.1) is 18.4 Å². The Balaban J connectivity index is 0.000000791. The van der Waals surface area contributed by atoms with Crippen LogP contribution in [-0.2, 0) is 10.1 Å². The molecular formula is C10H14BrNO2. The Morgan fingerprint density at radius 1 is 1.50 bits per heavy atom. The lowest BCUT2D eigenvalue weighted by Crippen LogP contribution is -2.01. The third-order valence-corrected chi connectivity index (χ3v) is 1.96. The van der Waals surface area contributed by atoms with Crippen LogP contribution in [0.15, 0.2) is 18.3 Å². The number of hydrogen-bond donors (Lipinski definition) is 0. The molecule has 0 aliphatic heterocycles. The SMILES string of the molecule is CC.COC(=O)c1ccc(CBr)nc1. The van der Waals surface area contributed by atoms with Gasteiger partial charge in [0.1, 0.15) is 0 Å². The summed E-state index contributed by atoms with van der Waals surface area (Å²) < 4.78 is 4.52. The summed E-state index contributed by atoms with van der Waals surface area (Å²) in [6.45, 7) is 4.00. The number of ether oxygens (including phenoxy) is 1. The van der Waals surface area contributed by atoms with Gasteiger partial charge in [-0.3, -0.25) is 4.98 Å². The number of alkyl halides is 1. The van der Waals surface area contributed by atoms with E-state index in [1.165, 1.54) is 13.3 Å². The van der Waals surface area contributed by atoms with E-state index in [4.69, 9.17) is 0 Å². The minimum absolute atomic E-state index is 0.358. The lowest BCUT2D eigenvalue weighted by Gasteiger charge is -1.98. The maximum atomic E-state index is 10.9. The number of methoxy groups -OCH3 is 1. The largest absolute Gasteiger partial charge is 0.465 e. The molecule has 0 saturated heterocycles. The smallest absolute Gasteiger partial charge is 0.339 e. The van der Waals surface area contributed by atoms with Gasteiger partial charge in [0.15, 0.2) is 0 Å². The predicted molar refractivity (Wildman–Crippen MR) is 59.6 cm³/mol. The van der Waals surface area contributed by atoms with E-state index in [2.05, 4.69) is 25.7 Å². The fraction of sp³-hybridized carbons (Fsp3) is 0.400. The van der Waals surface area contributed by atoms with Crippen LogP contribution in [0.3, 0.4) is 0 Å². The molecule has 78 valence electrons. The normalized spacial score (nSPS) is 8.57. The van der Waals surface area contributed by atoms with Crippen LogP contribution < -0.4 is 0 Å². The molecule has 0 spiro atoms. The molecule has 0 bridgehead atoms. The first-order chi connectivity index (χ1) is 6.77. The van der Waals surface area contributed by atoms with E-state index in [0.717, 1.165) is 5.69 Å². The van der Waals surface area contributed by atoms with Gasteiger partial charge < -0.3 is 4.74 Å². The molecule has 1 aromatic heterocycles. The molecule has 0 aliphatic rings. The molecular weight excluding hydrogens is 246 g/mol. The standard InChI is InChI=1S/C8H8BrNO2.C2H6/c1-12-8(11)6-2-3-7(4-9)10-5-6;1-2/h2-3,5H,4H2,1H3;1-2H3. The highest BCUT2D eigenvalue weighted by molar-refractivity contribution is 9.08. The van der Waals surface area contributed by atoms with Crippen LogP contribution in [0, 0.1) is 0 Å². The lowest BCUT2D eigenvalue weighted by molar-refractivity contribution is 0.0600. The molecule has 0 aromatic carbocycles. The van der Waals surface area contributed by atoms with Gasteiger partial charge in [0.25, 0.3) is 0 Å². The van der Waals surface area contributed by atoms with E-state index >= 15 is 0 Å². The maximum Gasteiger partial charge on any atom is 0.339 e. The fourth-order valence-electron chi connectivity index (χ4n) is 0.742. The topological polar surface area (TPSA) is 39.2 Å². The Morgan fingerprint density at radius 2 is 2.14 bits per heavy atom. The molecule has 0 unspecified atom stereocenters. The molecule has 0 aliphatic carbocycles. The Bertz CT molecular complexity index is 272. The Morgan fingerprint density at radius 3 is 2.50 bits per heavy atom. The van der Waals surface area contributed by atoms with Crippen LogP contribution in [0.1, 0.15) is 29.9 Å². The van der Waals surface area contributed by atoms with Crippen LogP contribution in [0.5, 0.6) is 0 Å². The van der Waals surface area contributed by atoms with Crippen molar-refractivity contribution in [2.45, 2.75) is 19.2 Å². The van der Waals surface area contributed by atoms with Crippen LogP contribution in [-0.4, -0.2) is 18.1 Å². The van der Waals surface area contributed by atoms with Crippen molar-refractivity contribution in [1.29, 1.82) is 0 Å². The molecule has 3 nitrogen and oxygen atoms in total. The second kappa shape index (κ2) is 7.50. The Labute approximate surface area is 92.6 Å². The number of carbonyl (C=O) groups excluding carboxylic acids is 1. The second-order valence-electron chi connectivity index (χ2n) is 2.16.